The van der Waals surface area contributed by atoms with Gasteiger partial charge in [0, 0.05) is 38.1 Å². The van der Waals surface area contributed by atoms with Crippen LogP contribution in [0.5, 0.6) is 0 Å². The highest BCUT2D eigenvalue weighted by Crippen LogP contribution is 2.30. The molecule has 2 aromatic rings. The van der Waals surface area contributed by atoms with Crippen molar-refractivity contribution in [3.05, 3.63) is 51.5 Å². The lowest BCUT2D eigenvalue weighted by atomic mass is 10.00. The van der Waals surface area contributed by atoms with Gasteiger partial charge in [-0.15, -0.1) is 35.3 Å². The van der Waals surface area contributed by atoms with Gasteiger partial charge < -0.3 is 10.6 Å². The Balaban J connectivity index is 0.00000320. The molecule has 1 aliphatic heterocycles. The number of benzene rings is 1. The first-order valence-corrected chi connectivity index (χ1v) is 10.7. The van der Waals surface area contributed by atoms with Crippen LogP contribution in [0.3, 0.4) is 0 Å². The molecule has 0 saturated heterocycles. The Kier molecular flexibility index (Phi) is 9.82. The van der Waals surface area contributed by atoms with Crippen LogP contribution in [-0.2, 0) is 25.7 Å². The number of nitrogens with one attached hydrogen (secondary N) is 2. The Labute approximate surface area is 196 Å². The van der Waals surface area contributed by atoms with Gasteiger partial charge in [0.15, 0.2) is 11.7 Å². The van der Waals surface area contributed by atoms with Crippen molar-refractivity contribution in [2.24, 2.45) is 4.99 Å². The van der Waals surface area contributed by atoms with Crippen molar-refractivity contribution in [2.45, 2.75) is 39.0 Å². The maximum Gasteiger partial charge on any atom is 0.434 e. The van der Waals surface area contributed by atoms with Crippen molar-refractivity contribution < 1.29 is 13.2 Å². The minimum atomic E-state index is -4.41. The molecule has 10 heteroatoms. The average molecular weight is 553 g/mol. The maximum absolute atomic E-state index is 12.6. The summed E-state index contributed by atoms with van der Waals surface area (Å²) in [5, 5.41) is 7.75. The van der Waals surface area contributed by atoms with Gasteiger partial charge >= 0.3 is 6.18 Å². The van der Waals surface area contributed by atoms with Gasteiger partial charge in [-0.2, -0.15) is 13.2 Å². The van der Waals surface area contributed by atoms with Gasteiger partial charge in [-0.3, -0.25) is 4.90 Å². The van der Waals surface area contributed by atoms with E-state index in [1.807, 2.05) is 6.92 Å². The number of thiazole rings is 1. The summed E-state index contributed by atoms with van der Waals surface area (Å²) in [6.45, 7) is 6.54. The van der Waals surface area contributed by atoms with Crippen LogP contribution < -0.4 is 10.6 Å². The van der Waals surface area contributed by atoms with Gasteiger partial charge in [0.25, 0.3) is 0 Å². The van der Waals surface area contributed by atoms with E-state index in [1.165, 1.54) is 11.1 Å². The predicted octanol–water partition coefficient (Wildman–Crippen LogP) is 4.28. The second-order valence-electron chi connectivity index (χ2n) is 6.89. The van der Waals surface area contributed by atoms with Crippen molar-refractivity contribution >= 4 is 41.3 Å². The minimum Gasteiger partial charge on any atom is -0.357 e. The first-order valence-electron chi connectivity index (χ1n) is 9.78. The van der Waals surface area contributed by atoms with Crippen LogP contribution >= 0.6 is 35.3 Å². The molecule has 2 heterocycles. The Hall–Kier alpha value is -1.40. The zero-order valence-corrected chi connectivity index (χ0v) is 20.0. The summed E-state index contributed by atoms with van der Waals surface area (Å²) in [4.78, 5) is 10.4. The van der Waals surface area contributed by atoms with Crippen molar-refractivity contribution in [3.8, 4) is 0 Å². The highest BCUT2D eigenvalue weighted by Gasteiger charge is 2.33. The summed E-state index contributed by atoms with van der Waals surface area (Å²) in [6.07, 6.45) is -2.36. The SMILES string of the molecule is CCNC(=NCc1nc(C(F)(F)F)cs1)NCCCN1CCc2ccccc2C1.I. The molecule has 0 saturated carbocycles. The monoisotopic (exact) mass is 553 g/mol. The fourth-order valence-corrected chi connectivity index (χ4v) is 3.98. The number of hydrogen-bond donors (Lipinski definition) is 2. The van der Waals surface area contributed by atoms with Gasteiger partial charge in [-0.1, -0.05) is 24.3 Å². The molecule has 0 unspecified atom stereocenters. The standard InChI is InChI=1S/C20H26F3N5S.HI/c1-2-24-19(26-12-18-27-17(14-29-18)20(21,22)23)25-9-5-10-28-11-8-15-6-3-4-7-16(15)13-28;/h3-4,6-7,14H,2,5,8-13H2,1H3,(H2,24,25,26);1H. The quantitative estimate of drug-likeness (QED) is 0.233. The van der Waals surface area contributed by atoms with Crippen LogP contribution in [-0.4, -0.2) is 42.0 Å². The summed E-state index contributed by atoms with van der Waals surface area (Å²) in [6, 6.07) is 8.57. The third kappa shape index (κ3) is 7.38. The van der Waals surface area contributed by atoms with E-state index in [0.29, 0.717) is 17.5 Å². The van der Waals surface area contributed by atoms with E-state index in [4.69, 9.17) is 0 Å². The van der Waals surface area contributed by atoms with Gasteiger partial charge in [0.1, 0.15) is 5.01 Å². The molecule has 0 bridgehead atoms. The third-order valence-corrected chi connectivity index (χ3v) is 5.55. The summed E-state index contributed by atoms with van der Waals surface area (Å²) < 4.78 is 37.9. The van der Waals surface area contributed by atoms with E-state index in [0.717, 1.165) is 55.7 Å². The average Bonchev–Trinajstić information content (AvgIpc) is 3.19. The number of hydrogen-bond acceptors (Lipinski definition) is 4. The van der Waals surface area contributed by atoms with Gasteiger partial charge in [-0.05, 0) is 30.9 Å². The molecule has 0 atom stereocenters. The summed E-state index contributed by atoms with van der Waals surface area (Å²) in [5.74, 6) is 0.597. The van der Waals surface area contributed by atoms with Crippen molar-refractivity contribution in [3.63, 3.8) is 0 Å². The molecular formula is C20H27F3IN5S. The minimum absolute atomic E-state index is 0. The lowest BCUT2D eigenvalue weighted by Crippen LogP contribution is -2.39. The molecule has 0 amide bonds. The number of guanidine groups is 1. The molecule has 3 rings (SSSR count). The molecule has 0 radical (unpaired) electrons. The lowest BCUT2D eigenvalue weighted by molar-refractivity contribution is -0.140. The highest BCUT2D eigenvalue weighted by molar-refractivity contribution is 14.0. The number of fused-ring (bicyclic) bond motifs is 1. The van der Waals surface area contributed by atoms with Crippen LogP contribution in [0.1, 0.15) is 35.2 Å². The zero-order valence-electron chi connectivity index (χ0n) is 16.8. The molecule has 1 aliphatic rings. The molecule has 1 aromatic heterocycles. The number of rotatable bonds is 7. The van der Waals surface area contributed by atoms with E-state index in [-0.39, 0.29) is 30.5 Å². The number of aromatic nitrogens is 1. The van der Waals surface area contributed by atoms with E-state index in [2.05, 4.69) is 49.8 Å². The topological polar surface area (TPSA) is 52.6 Å². The van der Waals surface area contributed by atoms with E-state index >= 15 is 0 Å². The smallest absolute Gasteiger partial charge is 0.357 e. The third-order valence-electron chi connectivity index (χ3n) is 4.71. The van der Waals surface area contributed by atoms with Gasteiger partial charge in [-0.25, -0.2) is 9.98 Å². The van der Waals surface area contributed by atoms with E-state index < -0.39 is 11.9 Å². The predicted molar refractivity (Wildman–Crippen MR) is 125 cm³/mol. The Morgan fingerprint density at radius 1 is 1.23 bits per heavy atom. The molecule has 0 aliphatic carbocycles. The first kappa shape index (κ1) is 24.9. The largest absolute Gasteiger partial charge is 0.434 e. The lowest BCUT2D eigenvalue weighted by Gasteiger charge is -2.28. The van der Waals surface area contributed by atoms with Gasteiger partial charge in [0.2, 0.25) is 0 Å². The van der Waals surface area contributed by atoms with E-state index in [9.17, 15) is 13.2 Å². The Bertz CT molecular complexity index is 825. The molecule has 2 N–H and O–H groups in total. The summed E-state index contributed by atoms with van der Waals surface area (Å²) in [7, 11) is 0. The number of aliphatic imine (C=N–C) groups is 1. The van der Waals surface area contributed by atoms with Crippen LogP contribution in [0.4, 0.5) is 13.2 Å². The molecule has 0 fully saturated rings. The van der Waals surface area contributed by atoms with E-state index in [1.54, 1.807) is 0 Å². The summed E-state index contributed by atoms with van der Waals surface area (Å²) in [5.41, 5.74) is 2.00. The fourth-order valence-electron chi connectivity index (χ4n) is 3.26. The maximum atomic E-state index is 12.6. The van der Waals surface area contributed by atoms with Crippen LogP contribution in [0, 0.1) is 0 Å². The van der Waals surface area contributed by atoms with Crippen molar-refractivity contribution in [1.29, 1.82) is 0 Å². The van der Waals surface area contributed by atoms with Gasteiger partial charge in [0.05, 0.1) is 6.54 Å². The number of halogens is 4. The molecule has 1 aromatic carbocycles. The first-order chi connectivity index (χ1) is 14.0. The molecule has 166 valence electrons. The highest BCUT2D eigenvalue weighted by atomic mass is 127. The second kappa shape index (κ2) is 11.8. The van der Waals surface area contributed by atoms with Crippen LogP contribution in [0.15, 0.2) is 34.6 Å². The Morgan fingerprint density at radius 2 is 2.00 bits per heavy atom. The second-order valence-corrected chi connectivity index (χ2v) is 7.84. The summed E-state index contributed by atoms with van der Waals surface area (Å²) >= 11 is 0.978. The van der Waals surface area contributed by atoms with Crippen molar-refractivity contribution in [2.75, 3.05) is 26.2 Å². The molecule has 0 spiro atoms. The number of nitrogens with zero attached hydrogens (tertiary/aromatic N) is 3. The molecule has 30 heavy (non-hydrogen) atoms. The van der Waals surface area contributed by atoms with Crippen LogP contribution in [0.2, 0.25) is 0 Å². The van der Waals surface area contributed by atoms with Crippen LogP contribution in [0.25, 0.3) is 0 Å². The normalized spacial score (nSPS) is 14.7. The Morgan fingerprint density at radius 3 is 2.70 bits per heavy atom. The fraction of sp³-hybridized carbons (Fsp3) is 0.500. The zero-order chi connectivity index (χ0) is 20.7. The number of alkyl halides is 3. The molecule has 5 nitrogen and oxygen atoms in total. The van der Waals surface area contributed by atoms with Crippen molar-refractivity contribution in [1.82, 2.24) is 20.5 Å². The molecular weight excluding hydrogens is 526 g/mol.